The van der Waals surface area contributed by atoms with Gasteiger partial charge in [-0.3, -0.25) is 4.79 Å². The lowest BCUT2D eigenvalue weighted by molar-refractivity contribution is 0.0950. The van der Waals surface area contributed by atoms with Gasteiger partial charge in [-0.2, -0.15) is 0 Å². The van der Waals surface area contributed by atoms with E-state index >= 15 is 0 Å². The summed E-state index contributed by atoms with van der Waals surface area (Å²) in [5.74, 6) is -0.730. The van der Waals surface area contributed by atoms with Gasteiger partial charge in [0, 0.05) is 17.7 Å². The van der Waals surface area contributed by atoms with Crippen LogP contribution in [0.25, 0.3) is 0 Å². The van der Waals surface area contributed by atoms with E-state index in [0.717, 1.165) is 0 Å². The average Bonchev–Trinajstić information content (AvgIpc) is 2.43. The van der Waals surface area contributed by atoms with Gasteiger partial charge < -0.3 is 10.4 Å². The first-order chi connectivity index (χ1) is 9.49. The predicted octanol–water partition coefficient (Wildman–Crippen LogP) is 3.42. The lowest BCUT2D eigenvalue weighted by Crippen LogP contribution is -2.23. The van der Waals surface area contributed by atoms with Crippen molar-refractivity contribution >= 4 is 17.5 Å². The van der Waals surface area contributed by atoms with Crippen LogP contribution in [0.4, 0.5) is 4.39 Å². The molecule has 1 amide bonds. The van der Waals surface area contributed by atoms with E-state index in [0.29, 0.717) is 16.7 Å². The van der Waals surface area contributed by atoms with Gasteiger partial charge >= 0.3 is 0 Å². The van der Waals surface area contributed by atoms with Crippen LogP contribution in [0.15, 0.2) is 36.4 Å². The minimum atomic E-state index is -0.495. The summed E-state index contributed by atoms with van der Waals surface area (Å²) in [6.07, 6.45) is 0. The van der Waals surface area contributed by atoms with E-state index in [9.17, 15) is 14.3 Å². The van der Waals surface area contributed by atoms with E-state index in [-0.39, 0.29) is 23.2 Å². The molecule has 0 aliphatic rings. The number of aromatic hydroxyl groups is 1. The summed E-state index contributed by atoms with van der Waals surface area (Å²) in [6, 6.07) is 9.02. The highest BCUT2D eigenvalue weighted by atomic mass is 35.5. The third-order valence-corrected chi connectivity index (χ3v) is 3.28. The van der Waals surface area contributed by atoms with Crippen molar-refractivity contribution in [3.63, 3.8) is 0 Å². The molecule has 0 aromatic heterocycles. The highest BCUT2D eigenvalue weighted by molar-refractivity contribution is 6.30. The fourth-order valence-corrected chi connectivity index (χ4v) is 2.00. The molecule has 0 heterocycles. The monoisotopic (exact) mass is 293 g/mol. The highest BCUT2D eigenvalue weighted by Crippen LogP contribution is 2.20. The smallest absolute Gasteiger partial charge is 0.251 e. The number of nitrogens with one attached hydrogen (secondary N) is 1. The molecule has 0 fully saturated rings. The first-order valence-electron chi connectivity index (χ1n) is 5.99. The van der Waals surface area contributed by atoms with Crippen LogP contribution in [0.1, 0.15) is 21.5 Å². The predicted molar refractivity (Wildman–Crippen MR) is 75.4 cm³/mol. The number of carbonyl (C=O) groups excluding carboxylic acids is 1. The van der Waals surface area contributed by atoms with Gasteiger partial charge in [-0.1, -0.05) is 23.7 Å². The average molecular weight is 294 g/mol. The number of hydrogen-bond acceptors (Lipinski definition) is 2. The Morgan fingerprint density at radius 2 is 2.10 bits per heavy atom. The van der Waals surface area contributed by atoms with Crippen LogP contribution in [-0.2, 0) is 6.54 Å². The molecule has 0 atom stereocenters. The van der Waals surface area contributed by atoms with E-state index in [4.69, 9.17) is 11.6 Å². The minimum absolute atomic E-state index is 0.0188. The molecule has 0 saturated heterocycles. The molecule has 0 radical (unpaired) electrons. The molecule has 0 bridgehead atoms. The standard InChI is InChI=1S/C15H13ClFNO2/c1-9-11(3-2-4-14(9)19)15(20)18-8-10-5-6-13(17)12(16)7-10/h2-7,19H,8H2,1H3,(H,18,20). The number of rotatable bonds is 3. The molecule has 0 aliphatic carbocycles. The number of carbonyl (C=O) groups is 1. The van der Waals surface area contributed by atoms with Crippen LogP contribution in [0.2, 0.25) is 5.02 Å². The van der Waals surface area contributed by atoms with Crippen LogP contribution < -0.4 is 5.32 Å². The fraction of sp³-hybridized carbons (Fsp3) is 0.133. The molecule has 0 saturated carbocycles. The summed E-state index contributed by atoms with van der Waals surface area (Å²) in [7, 11) is 0. The second-order valence-electron chi connectivity index (χ2n) is 4.38. The molecule has 20 heavy (non-hydrogen) atoms. The van der Waals surface area contributed by atoms with Crippen LogP contribution in [0.5, 0.6) is 5.75 Å². The van der Waals surface area contributed by atoms with E-state index in [2.05, 4.69) is 5.32 Å². The van der Waals surface area contributed by atoms with Crippen LogP contribution in [0.3, 0.4) is 0 Å². The molecule has 0 spiro atoms. The third-order valence-electron chi connectivity index (χ3n) is 2.99. The Hall–Kier alpha value is -2.07. The van der Waals surface area contributed by atoms with Gasteiger partial charge in [0.1, 0.15) is 11.6 Å². The van der Waals surface area contributed by atoms with Gasteiger partial charge in [0.25, 0.3) is 5.91 Å². The molecule has 2 aromatic rings. The Morgan fingerprint density at radius 1 is 1.35 bits per heavy atom. The Kier molecular flexibility index (Phi) is 4.25. The first kappa shape index (κ1) is 14.3. The number of phenols is 1. The van der Waals surface area contributed by atoms with E-state index in [1.54, 1.807) is 25.1 Å². The molecule has 2 N–H and O–H groups in total. The zero-order chi connectivity index (χ0) is 14.7. The summed E-state index contributed by atoms with van der Waals surface area (Å²) in [5.41, 5.74) is 1.61. The molecule has 3 nitrogen and oxygen atoms in total. The molecule has 0 unspecified atom stereocenters. The number of halogens is 2. The number of benzene rings is 2. The van der Waals surface area contributed by atoms with Gasteiger partial charge in [-0.05, 0) is 36.8 Å². The topological polar surface area (TPSA) is 49.3 Å². The zero-order valence-electron chi connectivity index (χ0n) is 10.8. The normalized spacial score (nSPS) is 10.3. The maximum absolute atomic E-state index is 13.0. The lowest BCUT2D eigenvalue weighted by atomic mass is 10.1. The molecule has 2 aromatic carbocycles. The number of hydrogen-bond donors (Lipinski definition) is 2. The SMILES string of the molecule is Cc1c(O)cccc1C(=O)NCc1ccc(F)c(Cl)c1. The highest BCUT2D eigenvalue weighted by Gasteiger charge is 2.11. The second-order valence-corrected chi connectivity index (χ2v) is 4.79. The van der Waals surface area contributed by atoms with E-state index in [1.165, 1.54) is 18.2 Å². The lowest BCUT2D eigenvalue weighted by Gasteiger charge is -2.09. The van der Waals surface area contributed by atoms with Crippen molar-refractivity contribution in [2.24, 2.45) is 0 Å². The maximum Gasteiger partial charge on any atom is 0.251 e. The van der Waals surface area contributed by atoms with E-state index in [1.807, 2.05) is 0 Å². The van der Waals surface area contributed by atoms with Crippen molar-refractivity contribution in [2.75, 3.05) is 0 Å². The van der Waals surface area contributed by atoms with Crippen molar-refractivity contribution < 1.29 is 14.3 Å². The van der Waals surface area contributed by atoms with Crippen molar-refractivity contribution in [3.05, 3.63) is 63.9 Å². The van der Waals surface area contributed by atoms with Crippen LogP contribution in [0, 0.1) is 12.7 Å². The Balaban J connectivity index is 2.08. The van der Waals surface area contributed by atoms with Crippen LogP contribution >= 0.6 is 11.6 Å². The molecule has 104 valence electrons. The number of phenolic OH excluding ortho intramolecular Hbond substituents is 1. The summed E-state index contributed by atoms with van der Waals surface area (Å²) < 4.78 is 13.0. The third kappa shape index (κ3) is 3.08. The van der Waals surface area contributed by atoms with Crippen LogP contribution in [-0.4, -0.2) is 11.0 Å². The largest absolute Gasteiger partial charge is 0.508 e. The molecular formula is C15H13ClFNO2. The van der Waals surface area contributed by atoms with Gasteiger partial charge in [0.15, 0.2) is 0 Å². The van der Waals surface area contributed by atoms with Crippen molar-refractivity contribution in [2.45, 2.75) is 13.5 Å². The second kappa shape index (κ2) is 5.92. The van der Waals surface area contributed by atoms with E-state index < -0.39 is 5.82 Å². The fourth-order valence-electron chi connectivity index (χ4n) is 1.80. The van der Waals surface area contributed by atoms with Gasteiger partial charge in [-0.25, -0.2) is 4.39 Å². The molecule has 2 rings (SSSR count). The number of amides is 1. The minimum Gasteiger partial charge on any atom is -0.508 e. The summed E-state index contributed by atoms with van der Waals surface area (Å²) in [5, 5.41) is 12.3. The maximum atomic E-state index is 13.0. The van der Waals surface area contributed by atoms with Crippen molar-refractivity contribution in [1.29, 1.82) is 0 Å². The van der Waals surface area contributed by atoms with Crippen molar-refractivity contribution in [1.82, 2.24) is 5.32 Å². The van der Waals surface area contributed by atoms with Gasteiger partial charge in [-0.15, -0.1) is 0 Å². The molecule has 5 heteroatoms. The van der Waals surface area contributed by atoms with Gasteiger partial charge in [0.05, 0.1) is 5.02 Å². The van der Waals surface area contributed by atoms with Gasteiger partial charge in [0.2, 0.25) is 0 Å². The Morgan fingerprint density at radius 3 is 2.80 bits per heavy atom. The van der Waals surface area contributed by atoms with Crippen molar-refractivity contribution in [3.8, 4) is 5.75 Å². The Labute approximate surface area is 121 Å². The summed E-state index contributed by atoms with van der Waals surface area (Å²) >= 11 is 5.67. The zero-order valence-corrected chi connectivity index (χ0v) is 11.5. The Bertz CT molecular complexity index is 658. The molecular weight excluding hydrogens is 281 g/mol. The quantitative estimate of drug-likeness (QED) is 0.911. The summed E-state index contributed by atoms with van der Waals surface area (Å²) in [6.45, 7) is 1.90. The summed E-state index contributed by atoms with van der Waals surface area (Å²) in [4.78, 5) is 12.0. The molecule has 0 aliphatic heterocycles. The first-order valence-corrected chi connectivity index (χ1v) is 6.37.